The van der Waals surface area contributed by atoms with Crippen LogP contribution in [0, 0.1) is 0 Å². The summed E-state index contributed by atoms with van der Waals surface area (Å²) in [5.74, 6) is 0.589. The lowest BCUT2D eigenvalue weighted by atomic mass is 9.98. The molecule has 0 bridgehead atoms. The van der Waals surface area contributed by atoms with Gasteiger partial charge < -0.3 is 29.2 Å². The summed E-state index contributed by atoms with van der Waals surface area (Å²) >= 11 is 0. The molecule has 32 heavy (non-hydrogen) atoms. The molecule has 6 heteroatoms. The lowest BCUT2D eigenvalue weighted by Gasteiger charge is -2.42. The molecule has 0 amide bonds. The monoisotopic (exact) mass is 436 g/mol. The summed E-state index contributed by atoms with van der Waals surface area (Å²) in [6.45, 7) is 0.765. The topological polar surface area (TPSA) is 77.4 Å². The van der Waals surface area contributed by atoms with Crippen LogP contribution in [0.15, 0.2) is 91.0 Å². The van der Waals surface area contributed by atoms with Crippen LogP contribution in [-0.4, -0.2) is 47.5 Å². The van der Waals surface area contributed by atoms with Crippen molar-refractivity contribution in [3.63, 3.8) is 0 Å². The van der Waals surface area contributed by atoms with E-state index in [-0.39, 0.29) is 13.2 Å². The molecule has 0 aliphatic carbocycles. The van der Waals surface area contributed by atoms with Crippen molar-refractivity contribution in [2.45, 2.75) is 43.9 Å². The summed E-state index contributed by atoms with van der Waals surface area (Å²) in [7, 11) is 0. The van der Waals surface area contributed by atoms with Crippen molar-refractivity contribution in [2.75, 3.05) is 6.61 Å². The fourth-order valence-corrected chi connectivity index (χ4v) is 3.66. The van der Waals surface area contributed by atoms with Crippen LogP contribution >= 0.6 is 0 Å². The molecule has 3 aromatic rings. The van der Waals surface area contributed by atoms with Gasteiger partial charge in [-0.25, -0.2) is 0 Å². The van der Waals surface area contributed by atoms with Crippen molar-refractivity contribution in [2.24, 2.45) is 0 Å². The molecule has 1 heterocycles. The van der Waals surface area contributed by atoms with Crippen molar-refractivity contribution < 1.29 is 29.2 Å². The summed E-state index contributed by atoms with van der Waals surface area (Å²) < 4.78 is 23.5. The normalized spacial score (nSPS) is 25.4. The van der Waals surface area contributed by atoms with Gasteiger partial charge in [0, 0.05) is 0 Å². The first kappa shape index (κ1) is 22.5. The average Bonchev–Trinajstić information content (AvgIpc) is 2.83. The molecule has 0 unspecified atom stereocenters. The van der Waals surface area contributed by atoms with Gasteiger partial charge in [0.05, 0.1) is 19.8 Å². The van der Waals surface area contributed by atoms with Gasteiger partial charge in [0.25, 0.3) is 0 Å². The third-order valence-electron chi connectivity index (χ3n) is 5.33. The van der Waals surface area contributed by atoms with Crippen molar-refractivity contribution >= 4 is 0 Å². The Bertz CT molecular complexity index is 919. The lowest BCUT2D eigenvalue weighted by Crippen LogP contribution is -2.61. The van der Waals surface area contributed by atoms with E-state index in [1.807, 2.05) is 78.9 Å². The van der Waals surface area contributed by atoms with Crippen LogP contribution in [0.5, 0.6) is 5.75 Å². The van der Waals surface area contributed by atoms with Gasteiger partial charge in [-0.3, -0.25) is 0 Å². The number of para-hydroxylation sites is 1. The number of benzene rings is 3. The number of aliphatic hydroxyl groups excluding tert-OH is 2. The number of rotatable bonds is 9. The second-order valence-corrected chi connectivity index (χ2v) is 7.71. The van der Waals surface area contributed by atoms with Crippen LogP contribution in [0.4, 0.5) is 0 Å². The zero-order chi connectivity index (χ0) is 22.2. The van der Waals surface area contributed by atoms with E-state index in [0.717, 1.165) is 11.1 Å². The maximum atomic E-state index is 11.1. The summed E-state index contributed by atoms with van der Waals surface area (Å²) in [5, 5.41) is 21.6. The molecule has 0 spiro atoms. The quantitative estimate of drug-likeness (QED) is 0.536. The van der Waals surface area contributed by atoms with E-state index in [2.05, 4.69) is 0 Å². The molecule has 0 aromatic heterocycles. The van der Waals surface area contributed by atoms with Crippen LogP contribution in [0.2, 0.25) is 0 Å². The zero-order valence-corrected chi connectivity index (χ0v) is 17.7. The Balaban J connectivity index is 1.44. The second-order valence-electron chi connectivity index (χ2n) is 7.71. The van der Waals surface area contributed by atoms with Gasteiger partial charge in [-0.2, -0.15) is 0 Å². The molecule has 2 N–H and O–H groups in total. The van der Waals surface area contributed by atoms with E-state index in [1.165, 1.54) is 0 Å². The Morgan fingerprint density at radius 1 is 0.688 bits per heavy atom. The Labute approximate surface area is 188 Å². The van der Waals surface area contributed by atoms with Gasteiger partial charge in [0.1, 0.15) is 24.1 Å². The molecule has 168 valence electrons. The zero-order valence-electron chi connectivity index (χ0n) is 17.7. The Morgan fingerprint density at radius 3 is 1.88 bits per heavy atom. The first-order valence-corrected chi connectivity index (χ1v) is 10.7. The van der Waals surface area contributed by atoms with E-state index in [0.29, 0.717) is 12.4 Å². The molecule has 0 saturated carbocycles. The predicted molar refractivity (Wildman–Crippen MR) is 119 cm³/mol. The molecule has 0 radical (unpaired) electrons. The molecule has 1 saturated heterocycles. The van der Waals surface area contributed by atoms with E-state index in [9.17, 15) is 10.2 Å². The fourth-order valence-electron chi connectivity index (χ4n) is 3.66. The highest BCUT2D eigenvalue weighted by Gasteiger charge is 2.47. The van der Waals surface area contributed by atoms with Gasteiger partial charge in [0.2, 0.25) is 0 Å². The Kier molecular flexibility index (Phi) is 7.87. The highest BCUT2D eigenvalue weighted by molar-refractivity contribution is 5.22. The maximum Gasteiger partial charge on any atom is 0.184 e. The Morgan fingerprint density at radius 2 is 1.25 bits per heavy atom. The highest BCUT2D eigenvalue weighted by atomic mass is 16.7. The maximum absolute atomic E-state index is 11.1. The van der Waals surface area contributed by atoms with Gasteiger partial charge >= 0.3 is 0 Å². The summed E-state index contributed by atoms with van der Waals surface area (Å²) in [6.07, 6.45) is -4.85. The smallest absolute Gasteiger partial charge is 0.184 e. The molecular formula is C26H28O6. The van der Waals surface area contributed by atoms with Crippen molar-refractivity contribution in [1.29, 1.82) is 0 Å². The van der Waals surface area contributed by atoms with E-state index >= 15 is 0 Å². The van der Waals surface area contributed by atoms with Crippen molar-refractivity contribution in [1.82, 2.24) is 0 Å². The van der Waals surface area contributed by atoms with Crippen LogP contribution in [0.1, 0.15) is 11.1 Å². The van der Waals surface area contributed by atoms with Gasteiger partial charge in [-0.1, -0.05) is 78.9 Å². The molecule has 3 aromatic carbocycles. The number of ether oxygens (including phenoxy) is 4. The minimum absolute atomic E-state index is 0.145. The minimum Gasteiger partial charge on any atom is -0.485 e. The standard InChI is InChI=1S/C26H28O6/c27-23-24(31-21-14-8-3-9-15-21)22(18-29-16-19-10-4-1-5-11-19)32-26(28)25(23)30-17-20-12-6-2-7-13-20/h1-15,22-28H,16-18H2/t22-,23+,24+,25-,26+/m1/s1. The molecule has 1 fully saturated rings. The van der Waals surface area contributed by atoms with Crippen LogP contribution in [0.25, 0.3) is 0 Å². The first-order chi connectivity index (χ1) is 15.7. The Hall–Kier alpha value is -2.74. The van der Waals surface area contributed by atoms with Crippen LogP contribution in [-0.2, 0) is 27.4 Å². The largest absolute Gasteiger partial charge is 0.485 e. The predicted octanol–water partition coefficient (Wildman–Crippen LogP) is 3.31. The summed E-state index contributed by atoms with van der Waals surface area (Å²) in [6, 6.07) is 28.5. The third kappa shape index (κ3) is 5.94. The summed E-state index contributed by atoms with van der Waals surface area (Å²) in [4.78, 5) is 0. The minimum atomic E-state index is -1.31. The average molecular weight is 437 g/mol. The SMILES string of the molecule is O[C@@H]1[C@@H](OCc2ccccc2)[C@@H](O)O[C@H](COCc2ccccc2)[C@@H]1Oc1ccccc1. The van der Waals surface area contributed by atoms with Gasteiger partial charge in [0.15, 0.2) is 12.4 Å². The van der Waals surface area contributed by atoms with Crippen LogP contribution < -0.4 is 4.74 Å². The molecule has 1 aliphatic rings. The number of hydrogen-bond donors (Lipinski definition) is 2. The molecular weight excluding hydrogens is 408 g/mol. The third-order valence-corrected chi connectivity index (χ3v) is 5.33. The van der Waals surface area contributed by atoms with E-state index in [1.54, 1.807) is 12.1 Å². The summed E-state index contributed by atoms with van der Waals surface area (Å²) in [5.41, 5.74) is 1.95. The van der Waals surface area contributed by atoms with Gasteiger partial charge in [-0.15, -0.1) is 0 Å². The number of aliphatic hydroxyl groups is 2. The van der Waals surface area contributed by atoms with Crippen LogP contribution in [0.3, 0.4) is 0 Å². The van der Waals surface area contributed by atoms with E-state index in [4.69, 9.17) is 18.9 Å². The molecule has 1 aliphatic heterocycles. The number of hydrogen-bond acceptors (Lipinski definition) is 6. The van der Waals surface area contributed by atoms with E-state index < -0.39 is 30.7 Å². The molecule has 5 atom stereocenters. The molecule has 4 rings (SSSR count). The fraction of sp³-hybridized carbons (Fsp3) is 0.308. The first-order valence-electron chi connectivity index (χ1n) is 10.7. The van der Waals surface area contributed by atoms with Gasteiger partial charge in [-0.05, 0) is 23.3 Å². The molecule has 6 nitrogen and oxygen atoms in total. The highest BCUT2D eigenvalue weighted by Crippen LogP contribution is 2.27. The van der Waals surface area contributed by atoms with Crippen molar-refractivity contribution in [3.05, 3.63) is 102 Å². The second kappa shape index (κ2) is 11.2. The van der Waals surface area contributed by atoms with Crippen molar-refractivity contribution in [3.8, 4) is 5.75 Å². The lowest BCUT2D eigenvalue weighted by molar-refractivity contribution is -0.296.